The van der Waals surface area contributed by atoms with E-state index in [0.29, 0.717) is 39.5 Å². The van der Waals surface area contributed by atoms with Crippen molar-refractivity contribution in [3.05, 3.63) is 62.0 Å². The average molecular weight is 402 g/mol. The van der Waals surface area contributed by atoms with Crippen LogP contribution in [0.1, 0.15) is 38.6 Å². The third-order valence-corrected chi connectivity index (χ3v) is 4.87. The van der Waals surface area contributed by atoms with E-state index >= 15 is 0 Å². The van der Waals surface area contributed by atoms with Crippen molar-refractivity contribution in [2.75, 3.05) is 0 Å². The second-order valence-electron chi connectivity index (χ2n) is 5.81. The van der Waals surface area contributed by atoms with Crippen LogP contribution >= 0.6 is 23.2 Å². The van der Waals surface area contributed by atoms with Crippen molar-refractivity contribution < 1.29 is 18.0 Å². The zero-order chi connectivity index (χ0) is 19.2. The van der Waals surface area contributed by atoms with E-state index in [4.69, 9.17) is 23.2 Å². The quantitative estimate of drug-likeness (QED) is 0.575. The molecule has 0 saturated carbocycles. The van der Waals surface area contributed by atoms with Crippen LogP contribution in [0.3, 0.4) is 0 Å². The second kappa shape index (κ2) is 6.55. The lowest BCUT2D eigenvalue weighted by Gasteiger charge is -2.08. The van der Waals surface area contributed by atoms with Crippen LogP contribution in [0.25, 0.3) is 5.65 Å². The predicted molar refractivity (Wildman–Crippen MR) is 92.1 cm³/mol. The number of halogens is 5. The third kappa shape index (κ3) is 3.17. The normalized spacial score (nSPS) is 12.0. The summed E-state index contributed by atoms with van der Waals surface area (Å²) in [6, 6.07) is 4.00. The highest BCUT2D eigenvalue weighted by Crippen LogP contribution is 2.32. The van der Waals surface area contributed by atoms with Crippen LogP contribution in [-0.4, -0.2) is 20.9 Å². The summed E-state index contributed by atoms with van der Waals surface area (Å²) in [7, 11) is 0. The number of nitrogens with zero attached hydrogens (tertiary/aromatic N) is 3. The number of fused-ring (bicyclic) bond motifs is 1. The lowest BCUT2D eigenvalue weighted by atomic mass is 10.1. The zero-order valence-corrected chi connectivity index (χ0v) is 15.2. The summed E-state index contributed by atoms with van der Waals surface area (Å²) in [6.07, 6.45) is -3.78. The molecule has 2 heterocycles. The fourth-order valence-corrected chi connectivity index (χ4v) is 3.21. The second-order valence-corrected chi connectivity index (χ2v) is 6.60. The van der Waals surface area contributed by atoms with Crippen LogP contribution in [0.15, 0.2) is 18.2 Å². The molecule has 0 atom stereocenters. The Balaban J connectivity index is 2.15. The van der Waals surface area contributed by atoms with E-state index in [0.717, 1.165) is 6.07 Å². The first-order chi connectivity index (χ1) is 12.1. The van der Waals surface area contributed by atoms with Gasteiger partial charge in [-0.25, -0.2) is 9.50 Å². The number of aldehydes is 1. The number of benzene rings is 1. The molecule has 3 aromatic rings. The predicted octanol–water partition coefficient (Wildman–Crippen LogP) is 5.08. The summed E-state index contributed by atoms with van der Waals surface area (Å²) in [5.74, 6) is 0. The van der Waals surface area contributed by atoms with Gasteiger partial charge >= 0.3 is 6.18 Å². The van der Waals surface area contributed by atoms with Crippen LogP contribution in [-0.2, 0) is 12.6 Å². The summed E-state index contributed by atoms with van der Waals surface area (Å²) >= 11 is 12.4. The van der Waals surface area contributed by atoms with Crippen molar-refractivity contribution in [2.24, 2.45) is 0 Å². The number of imidazole rings is 1. The van der Waals surface area contributed by atoms with E-state index in [1.54, 1.807) is 13.0 Å². The zero-order valence-electron chi connectivity index (χ0n) is 13.7. The number of aromatic nitrogens is 3. The molecule has 0 unspecified atom stereocenters. The number of carbonyl (C=O) groups is 1. The molecule has 0 N–H and O–H groups in total. The molecular formula is C17H12Cl2F3N3O. The van der Waals surface area contributed by atoms with E-state index in [9.17, 15) is 18.0 Å². The van der Waals surface area contributed by atoms with Gasteiger partial charge in [-0.1, -0.05) is 23.2 Å². The van der Waals surface area contributed by atoms with Gasteiger partial charge in [0.25, 0.3) is 0 Å². The minimum atomic E-state index is -4.55. The van der Waals surface area contributed by atoms with Crippen LogP contribution in [0, 0.1) is 13.8 Å². The average Bonchev–Trinajstić information content (AvgIpc) is 2.88. The Hall–Kier alpha value is -2.12. The number of carbonyl (C=O) groups excluding carboxylic acids is 1. The minimum Gasteiger partial charge on any atom is -0.298 e. The summed E-state index contributed by atoms with van der Waals surface area (Å²) in [5, 5.41) is 4.20. The molecule has 0 radical (unpaired) electrons. The first kappa shape index (κ1) is 18.7. The van der Waals surface area contributed by atoms with Gasteiger partial charge in [0.05, 0.1) is 16.4 Å². The van der Waals surface area contributed by atoms with Gasteiger partial charge in [0.2, 0.25) is 0 Å². The summed E-state index contributed by atoms with van der Waals surface area (Å²) in [5.41, 5.74) is 1.36. The van der Waals surface area contributed by atoms with Crippen molar-refractivity contribution >= 4 is 35.1 Å². The molecule has 26 heavy (non-hydrogen) atoms. The van der Waals surface area contributed by atoms with Crippen LogP contribution in [0.2, 0.25) is 10.0 Å². The molecular weight excluding hydrogens is 390 g/mol. The number of aryl methyl sites for hydroxylation is 2. The van der Waals surface area contributed by atoms with Gasteiger partial charge in [0.1, 0.15) is 0 Å². The monoisotopic (exact) mass is 401 g/mol. The van der Waals surface area contributed by atoms with E-state index < -0.39 is 11.9 Å². The number of hydrogen-bond acceptors (Lipinski definition) is 3. The van der Waals surface area contributed by atoms with Gasteiger partial charge < -0.3 is 0 Å². The Morgan fingerprint density at radius 2 is 1.92 bits per heavy atom. The largest absolute Gasteiger partial charge is 0.435 e. The Kier molecular flexibility index (Phi) is 4.71. The SMILES string of the molecule is Cc1cc(C(F)(F)F)nn2c(C)c(Cc3c(Cl)ccc(C=O)c3Cl)nc12. The minimum absolute atomic E-state index is 0.162. The lowest BCUT2D eigenvalue weighted by Crippen LogP contribution is -2.12. The van der Waals surface area contributed by atoms with E-state index in [2.05, 4.69) is 10.1 Å². The van der Waals surface area contributed by atoms with Gasteiger partial charge in [-0.05, 0) is 43.2 Å². The first-order valence-corrected chi connectivity index (χ1v) is 8.24. The summed E-state index contributed by atoms with van der Waals surface area (Å²) < 4.78 is 40.2. The Labute approximate surface area is 156 Å². The van der Waals surface area contributed by atoms with Gasteiger partial charge in [-0.15, -0.1) is 0 Å². The van der Waals surface area contributed by atoms with E-state index in [1.165, 1.54) is 17.5 Å². The molecule has 0 saturated heterocycles. The number of hydrogen-bond donors (Lipinski definition) is 0. The van der Waals surface area contributed by atoms with Crippen molar-refractivity contribution in [1.29, 1.82) is 0 Å². The molecule has 4 nitrogen and oxygen atoms in total. The fourth-order valence-electron chi connectivity index (χ4n) is 2.66. The van der Waals surface area contributed by atoms with Crippen molar-refractivity contribution in [3.63, 3.8) is 0 Å². The molecule has 0 aliphatic heterocycles. The van der Waals surface area contributed by atoms with Crippen LogP contribution in [0.4, 0.5) is 13.2 Å². The number of alkyl halides is 3. The molecule has 0 amide bonds. The maximum Gasteiger partial charge on any atom is 0.435 e. The van der Waals surface area contributed by atoms with Gasteiger partial charge in [0, 0.05) is 17.0 Å². The Morgan fingerprint density at radius 1 is 1.23 bits per heavy atom. The third-order valence-electron chi connectivity index (χ3n) is 4.07. The van der Waals surface area contributed by atoms with Gasteiger partial charge in [0.15, 0.2) is 17.6 Å². The molecule has 3 rings (SSSR count). The highest BCUT2D eigenvalue weighted by molar-refractivity contribution is 6.37. The van der Waals surface area contributed by atoms with E-state index in [-0.39, 0.29) is 17.0 Å². The highest BCUT2D eigenvalue weighted by atomic mass is 35.5. The smallest absolute Gasteiger partial charge is 0.298 e. The maximum atomic E-state index is 13.0. The summed E-state index contributed by atoms with van der Waals surface area (Å²) in [4.78, 5) is 15.5. The molecule has 0 fully saturated rings. The Bertz CT molecular complexity index is 1030. The lowest BCUT2D eigenvalue weighted by molar-refractivity contribution is -0.141. The van der Waals surface area contributed by atoms with Crippen LogP contribution < -0.4 is 0 Å². The molecule has 1 aromatic carbocycles. The van der Waals surface area contributed by atoms with Gasteiger partial charge in [-0.2, -0.15) is 18.3 Å². The molecule has 136 valence electrons. The highest BCUT2D eigenvalue weighted by Gasteiger charge is 2.34. The topological polar surface area (TPSA) is 47.3 Å². The molecule has 0 aliphatic rings. The van der Waals surface area contributed by atoms with Gasteiger partial charge in [-0.3, -0.25) is 4.79 Å². The molecule has 0 spiro atoms. The standard InChI is InChI=1S/C17H12Cl2F3N3O/c1-8-5-14(17(20,21)22)24-25-9(2)13(23-16(8)25)6-11-12(18)4-3-10(7-26)15(11)19/h3-5,7H,6H2,1-2H3. The van der Waals surface area contributed by atoms with E-state index in [1.807, 2.05) is 0 Å². The molecule has 0 bridgehead atoms. The van der Waals surface area contributed by atoms with Crippen LogP contribution in [0.5, 0.6) is 0 Å². The molecule has 0 aliphatic carbocycles. The fraction of sp³-hybridized carbons (Fsp3) is 0.235. The molecule has 2 aromatic heterocycles. The summed E-state index contributed by atoms with van der Waals surface area (Å²) in [6.45, 7) is 3.16. The molecule has 9 heteroatoms. The Morgan fingerprint density at radius 3 is 2.54 bits per heavy atom. The maximum absolute atomic E-state index is 13.0. The van der Waals surface area contributed by atoms with Crippen molar-refractivity contribution in [2.45, 2.75) is 26.4 Å². The first-order valence-electron chi connectivity index (χ1n) is 7.48. The van der Waals surface area contributed by atoms with Crippen molar-refractivity contribution in [1.82, 2.24) is 14.6 Å². The number of rotatable bonds is 3. The van der Waals surface area contributed by atoms with Crippen molar-refractivity contribution in [3.8, 4) is 0 Å².